The van der Waals surface area contributed by atoms with Crippen LogP contribution in [-0.2, 0) is 11.3 Å². The number of ether oxygens (including phenoxy) is 1. The Balaban J connectivity index is 1.80. The standard InChI is InChI=1S/C14H10ClNO3S/c1-8-6-9(16-19-8)7-18-14(17)13-12(15)10-4-2-3-5-11(10)20-13/h2-6H,7H2,1H3. The van der Waals surface area contributed by atoms with Gasteiger partial charge in [-0.3, -0.25) is 0 Å². The molecule has 0 bridgehead atoms. The molecule has 0 N–H and O–H groups in total. The van der Waals surface area contributed by atoms with Gasteiger partial charge in [-0.2, -0.15) is 0 Å². The Morgan fingerprint density at radius 3 is 2.95 bits per heavy atom. The van der Waals surface area contributed by atoms with Gasteiger partial charge < -0.3 is 9.26 Å². The lowest BCUT2D eigenvalue weighted by molar-refractivity contribution is 0.0470. The van der Waals surface area contributed by atoms with Gasteiger partial charge in [0, 0.05) is 16.2 Å². The molecular weight excluding hydrogens is 298 g/mol. The van der Waals surface area contributed by atoms with Crippen LogP contribution in [0.25, 0.3) is 10.1 Å². The number of carbonyl (C=O) groups is 1. The van der Waals surface area contributed by atoms with Crippen molar-refractivity contribution in [2.24, 2.45) is 0 Å². The number of halogens is 1. The number of aryl methyl sites for hydroxylation is 1. The van der Waals surface area contributed by atoms with Crippen molar-refractivity contribution >= 4 is 39.0 Å². The molecule has 102 valence electrons. The summed E-state index contributed by atoms with van der Waals surface area (Å²) in [6.45, 7) is 1.85. The van der Waals surface area contributed by atoms with E-state index in [1.165, 1.54) is 11.3 Å². The fourth-order valence-electron chi connectivity index (χ4n) is 1.84. The first kappa shape index (κ1) is 13.1. The normalized spacial score (nSPS) is 10.9. The summed E-state index contributed by atoms with van der Waals surface area (Å²) in [5.41, 5.74) is 0.577. The fourth-order valence-corrected chi connectivity index (χ4v) is 3.24. The van der Waals surface area contributed by atoms with E-state index >= 15 is 0 Å². The zero-order chi connectivity index (χ0) is 14.1. The van der Waals surface area contributed by atoms with Crippen LogP contribution in [0.1, 0.15) is 21.1 Å². The molecule has 1 aromatic carbocycles. The van der Waals surface area contributed by atoms with Crippen LogP contribution in [0.3, 0.4) is 0 Å². The molecule has 0 saturated heterocycles. The molecule has 0 radical (unpaired) electrons. The predicted octanol–water partition coefficient (Wildman–Crippen LogP) is 4.21. The van der Waals surface area contributed by atoms with Crippen LogP contribution in [0.15, 0.2) is 34.9 Å². The fraction of sp³-hybridized carbons (Fsp3) is 0.143. The summed E-state index contributed by atoms with van der Waals surface area (Å²) in [6.07, 6.45) is 0. The zero-order valence-corrected chi connectivity index (χ0v) is 12.1. The van der Waals surface area contributed by atoms with Gasteiger partial charge in [-0.15, -0.1) is 11.3 Å². The lowest BCUT2D eigenvalue weighted by atomic mass is 10.2. The SMILES string of the molecule is Cc1cc(COC(=O)c2sc3ccccc3c2Cl)no1. The summed E-state index contributed by atoms with van der Waals surface area (Å²) in [7, 11) is 0. The average Bonchev–Trinajstić information content (AvgIpc) is 3.01. The van der Waals surface area contributed by atoms with Gasteiger partial charge in [-0.1, -0.05) is 35.0 Å². The molecule has 0 spiro atoms. The van der Waals surface area contributed by atoms with Gasteiger partial charge in [-0.25, -0.2) is 4.79 Å². The second-order valence-electron chi connectivity index (χ2n) is 4.25. The van der Waals surface area contributed by atoms with Crippen molar-refractivity contribution in [3.05, 3.63) is 51.7 Å². The Morgan fingerprint density at radius 2 is 2.25 bits per heavy atom. The number of rotatable bonds is 3. The number of carbonyl (C=O) groups excluding carboxylic acids is 1. The van der Waals surface area contributed by atoms with Gasteiger partial charge in [-0.05, 0) is 13.0 Å². The molecule has 6 heteroatoms. The van der Waals surface area contributed by atoms with E-state index in [1.807, 2.05) is 24.3 Å². The van der Waals surface area contributed by atoms with Crippen molar-refractivity contribution in [2.45, 2.75) is 13.5 Å². The maximum Gasteiger partial charge on any atom is 0.350 e. The lowest BCUT2D eigenvalue weighted by Crippen LogP contribution is -2.03. The molecule has 0 aliphatic heterocycles. The van der Waals surface area contributed by atoms with Gasteiger partial charge in [0.2, 0.25) is 0 Å². The van der Waals surface area contributed by atoms with Crippen molar-refractivity contribution < 1.29 is 14.1 Å². The number of benzene rings is 1. The van der Waals surface area contributed by atoms with Crippen molar-refractivity contribution in [1.29, 1.82) is 0 Å². The van der Waals surface area contributed by atoms with Crippen molar-refractivity contribution in [1.82, 2.24) is 5.16 Å². The first-order valence-corrected chi connectivity index (χ1v) is 7.11. The highest BCUT2D eigenvalue weighted by Gasteiger charge is 2.18. The third-order valence-corrected chi connectivity index (χ3v) is 4.40. The van der Waals surface area contributed by atoms with Crippen molar-refractivity contribution in [3.8, 4) is 0 Å². The number of thiophene rings is 1. The second-order valence-corrected chi connectivity index (χ2v) is 5.68. The molecule has 0 unspecified atom stereocenters. The number of aromatic nitrogens is 1. The molecule has 4 nitrogen and oxygen atoms in total. The molecule has 2 aromatic heterocycles. The molecule has 0 saturated carbocycles. The van der Waals surface area contributed by atoms with Gasteiger partial charge in [0.15, 0.2) is 0 Å². The number of esters is 1. The van der Waals surface area contributed by atoms with Crippen molar-refractivity contribution in [2.75, 3.05) is 0 Å². The topological polar surface area (TPSA) is 52.3 Å². The summed E-state index contributed by atoms with van der Waals surface area (Å²) in [5.74, 6) is 0.229. The van der Waals surface area contributed by atoms with E-state index in [2.05, 4.69) is 5.16 Å². The van der Waals surface area contributed by atoms with Gasteiger partial charge in [0.1, 0.15) is 22.9 Å². The number of hydrogen-bond donors (Lipinski definition) is 0. The molecule has 0 aliphatic carbocycles. The molecule has 0 amide bonds. The molecule has 0 aliphatic rings. The van der Waals surface area contributed by atoms with E-state index in [0.29, 0.717) is 21.4 Å². The van der Waals surface area contributed by atoms with Crippen LogP contribution in [0.4, 0.5) is 0 Å². The van der Waals surface area contributed by atoms with E-state index in [4.69, 9.17) is 20.9 Å². The second kappa shape index (κ2) is 5.26. The molecule has 3 rings (SSSR count). The highest BCUT2D eigenvalue weighted by Crippen LogP contribution is 2.35. The van der Waals surface area contributed by atoms with Crippen LogP contribution in [0.5, 0.6) is 0 Å². The van der Waals surface area contributed by atoms with E-state index in [0.717, 1.165) is 10.1 Å². The lowest BCUT2D eigenvalue weighted by Gasteiger charge is -2.00. The van der Waals surface area contributed by atoms with Gasteiger partial charge >= 0.3 is 5.97 Å². The summed E-state index contributed by atoms with van der Waals surface area (Å²) in [6, 6.07) is 9.31. The summed E-state index contributed by atoms with van der Waals surface area (Å²) >= 11 is 7.54. The van der Waals surface area contributed by atoms with E-state index in [9.17, 15) is 4.79 Å². The first-order valence-electron chi connectivity index (χ1n) is 5.91. The van der Waals surface area contributed by atoms with E-state index < -0.39 is 5.97 Å². The molecule has 0 atom stereocenters. The molecule has 20 heavy (non-hydrogen) atoms. The summed E-state index contributed by atoms with van der Waals surface area (Å²) < 4.78 is 11.1. The molecule has 3 aromatic rings. The minimum absolute atomic E-state index is 0.0702. The highest BCUT2D eigenvalue weighted by atomic mass is 35.5. The first-order chi connectivity index (χ1) is 9.65. The monoisotopic (exact) mass is 307 g/mol. The Bertz CT molecular complexity index is 778. The minimum Gasteiger partial charge on any atom is -0.455 e. The third kappa shape index (κ3) is 2.42. The minimum atomic E-state index is -0.447. The number of nitrogens with zero attached hydrogens (tertiary/aromatic N) is 1. The molecular formula is C14H10ClNO3S. The number of fused-ring (bicyclic) bond motifs is 1. The quantitative estimate of drug-likeness (QED) is 0.680. The number of hydrogen-bond acceptors (Lipinski definition) is 5. The van der Waals surface area contributed by atoms with Gasteiger partial charge in [0.05, 0.1) is 5.02 Å². The molecule has 2 heterocycles. The maximum atomic E-state index is 12.1. The van der Waals surface area contributed by atoms with Crippen LogP contribution in [0.2, 0.25) is 5.02 Å². The predicted molar refractivity (Wildman–Crippen MR) is 77.2 cm³/mol. The van der Waals surface area contributed by atoms with Gasteiger partial charge in [0.25, 0.3) is 0 Å². The van der Waals surface area contributed by atoms with Crippen LogP contribution < -0.4 is 0 Å². The smallest absolute Gasteiger partial charge is 0.350 e. The largest absolute Gasteiger partial charge is 0.455 e. The van der Waals surface area contributed by atoms with E-state index in [-0.39, 0.29) is 6.61 Å². The Hall–Kier alpha value is -1.85. The van der Waals surface area contributed by atoms with Crippen LogP contribution in [0, 0.1) is 6.92 Å². The Labute approximate surface area is 123 Å². The van der Waals surface area contributed by atoms with E-state index in [1.54, 1.807) is 13.0 Å². The summed E-state index contributed by atoms with van der Waals surface area (Å²) in [4.78, 5) is 12.5. The third-order valence-electron chi connectivity index (χ3n) is 2.75. The zero-order valence-electron chi connectivity index (χ0n) is 10.6. The highest BCUT2D eigenvalue weighted by molar-refractivity contribution is 7.21. The Morgan fingerprint density at radius 1 is 1.45 bits per heavy atom. The average molecular weight is 308 g/mol. The molecule has 0 fully saturated rings. The summed E-state index contributed by atoms with van der Waals surface area (Å²) in [5, 5.41) is 5.07. The van der Waals surface area contributed by atoms with Crippen LogP contribution >= 0.6 is 22.9 Å². The van der Waals surface area contributed by atoms with Crippen LogP contribution in [-0.4, -0.2) is 11.1 Å². The van der Waals surface area contributed by atoms with Crippen molar-refractivity contribution in [3.63, 3.8) is 0 Å². The maximum absolute atomic E-state index is 12.1. The Kier molecular flexibility index (Phi) is 3.46.